The molecule has 1 N–H and O–H groups in total. The fourth-order valence-electron chi connectivity index (χ4n) is 2.77. The number of anilines is 2. The second-order valence-electron chi connectivity index (χ2n) is 7.01. The Balaban J connectivity index is 1.72. The molecular weight excluding hydrogens is 358 g/mol. The smallest absolute Gasteiger partial charge is 0.414 e. The minimum atomic E-state index is -0.494. The lowest BCUT2D eigenvalue weighted by molar-refractivity contribution is 0.0578. The molecule has 2 aromatic rings. The predicted octanol–water partition coefficient (Wildman–Crippen LogP) is 5.10. The third kappa shape index (κ3) is 4.64. The van der Waals surface area contributed by atoms with Gasteiger partial charge in [-0.2, -0.15) is 0 Å². The van der Waals surface area contributed by atoms with Crippen LogP contribution in [-0.2, 0) is 17.7 Å². The van der Waals surface area contributed by atoms with Crippen LogP contribution in [0, 0.1) is 0 Å². The van der Waals surface area contributed by atoms with Crippen LogP contribution >= 0.6 is 22.9 Å². The Hall–Kier alpha value is -1.79. The summed E-state index contributed by atoms with van der Waals surface area (Å²) in [5, 5.41) is 3.38. The van der Waals surface area contributed by atoms with Gasteiger partial charge < -0.3 is 10.1 Å². The van der Waals surface area contributed by atoms with Gasteiger partial charge in [0.05, 0.1) is 12.2 Å². The van der Waals surface area contributed by atoms with Crippen LogP contribution in [-0.4, -0.2) is 23.2 Å². The third-order valence-corrected chi connectivity index (χ3v) is 4.92. The van der Waals surface area contributed by atoms with E-state index in [1.807, 2.05) is 32.9 Å². The third-order valence-electron chi connectivity index (χ3n) is 3.80. The Morgan fingerprint density at radius 3 is 2.92 bits per heavy atom. The molecule has 0 unspecified atom stereocenters. The van der Waals surface area contributed by atoms with Gasteiger partial charge in [-0.15, -0.1) is 11.3 Å². The van der Waals surface area contributed by atoms with E-state index in [0.717, 1.165) is 34.7 Å². The molecule has 1 aliphatic heterocycles. The Morgan fingerprint density at radius 2 is 2.24 bits per heavy atom. The number of thiazole rings is 1. The molecule has 1 aromatic carbocycles. The maximum Gasteiger partial charge on any atom is 0.414 e. The molecule has 134 valence electrons. The molecule has 1 aromatic heterocycles. The van der Waals surface area contributed by atoms with Gasteiger partial charge in [0.25, 0.3) is 0 Å². The molecule has 1 amide bonds. The number of hydrogen-bond acceptors (Lipinski definition) is 5. The predicted molar refractivity (Wildman–Crippen MR) is 103 cm³/mol. The van der Waals surface area contributed by atoms with Gasteiger partial charge in [0, 0.05) is 23.3 Å². The Bertz CT molecular complexity index is 770. The number of halogens is 1. The minimum Gasteiger partial charge on any atom is -0.443 e. The molecule has 5 nitrogen and oxygen atoms in total. The molecule has 0 spiro atoms. The zero-order valence-electron chi connectivity index (χ0n) is 14.6. The van der Waals surface area contributed by atoms with Crippen LogP contribution < -0.4 is 10.2 Å². The van der Waals surface area contributed by atoms with Crippen molar-refractivity contribution in [2.45, 2.75) is 45.8 Å². The van der Waals surface area contributed by atoms with E-state index in [-0.39, 0.29) is 6.09 Å². The molecule has 0 bridgehead atoms. The number of nitrogens with one attached hydrogen (secondary N) is 1. The summed E-state index contributed by atoms with van der Waals surface area (Å²) in [7, 11) is 0. The summed E-state index contributed by atoms with van der Waals surface area (Å²) in [6.07, 6.45) is 3.38. The van der Waals surface area contributed by atoms with Gasteiger partial charge in [-0.1, -0.05) is 11.6 Å². The van der Waals surface area contributed by atoms with Crippen LogP contribution in [0.25, 0.3) is 0 Å². The highest BCUT2D eigenvalue weighted by Crippen LogP contribution is 2.31. The number of hydrogen-bond donors (Lipinski definition) is 1. The summed E-state index contributed by atoms with van der Waals surface area (Å²) in [5.74, 6) is 0. The van der Waals surface area contributed by atoms with Crippen molar-refractivity contribution in [3.63, 3.8) is 0 Å². The number of amides is 1. The summed E-state index contributed by atoms with van der Waals surface area (Å²) in [5.41, 5.74) is 2.62. The molecule has 25 heavy (non-hydrogen) atoms. The zero-order valence-corrected chi connectivity index (χ0v) is 16.2. The fourth-order valence-corrected chi connectivity index (χ4v) is 3.69. The number of ether oxygens (including phenoxy) is 1. The number of nitrogens with zero attached hydrogens (tertiary/aromatic N) is 2. The molecule has 1 aliphatic rings. The Labute approximate surface area is 157 Å². The van der Waals surface area contributed by atoms with Crippen molar-refractivity contribution in [2.75, 3.05) is 16.8 Å². The summed E-state index contributed by atoms with van der Waals surface area (Å²) >= 11 is 7.33. The molecule has 0 saturated carbocycles. The molecule has 7 heteroatoms. The number of benzene rings is 1. The first-order valence-electron chi connectivity index (χ1n) is 8.29. The van der Waals surface area contributed by atoms with E-state index < -0.39 is 5.60 Å². The average molecular weight is 380 g/mol. The number of rotatable bonds is 3. The monoisotopic (exact) mass is 379 g/mol. The van der Waals surface area contributed by atoms with Crippen molar-refractivity contribution in [3.05, 3.63) is 39.3 Å². The lowest BCUT2D eigenvalue weighted by Gasteiger charge is -2.32. The number of aromatic nitrogens is 1. The summed E-state index contributed by atoms with van der Waals surface area (Å²) in [4.78, 5) is 19.3. The molecular formula is C18H22ClN3O2S. The second kappa shape index (κ2) is 7.22. The minimum absolute atomic E-state index is 0.284. The van der Waals surface area contributed by atoms with E-state index >= 15 is 0 Å². The molecule has 2 heterocycles. The van der Waals surface area contributed by atoms with Crippen LogP contribution in [0.3, 0.4) is 0 Å². The normalized spacial score (nSPS) is 14.2. The first kappa shape index (κ1) is 18.0. The van der Waals surface area contributed by atoms with Crippen LogP contribution in [0.5, 0.6) is 0 Å². The maximum atomic E-state index is 12.4. The number of fused-ring (bicyclic) bond motifs is 1. The van der Waals surface area contributed by atoms with Crippen molar-refractivity contribution < 1.29 is 9.53 Å². The lowest BCUT2D eigenvalue weighted by atomic mass is 10.0. The van der Waals surface area contributed by atoms with E-state index in [9.17, 15) is 4.79 Å². The van der Waals surface area contributed by atoms with Gasteiger partial charge in [-0.25, -0.2) is 9.78 Å². The van der Waals surface area contributed by atoms with Crippen LogP contribution in [0.4, 0.5) is 16.2 Å². The van der Waals surface area contributed by atoms with Crippen LogP contribution in [0.15, 0.2) is 24.4 Å². The average Bonchev–Trinajstić information content (AvgIpc) is 2.96. The highest BCUT2D eigenvalue weighted by Gasteiger charge is 2.27. The van der Waals surface area contributed by atoms with E-state index in [0.29, 0.717) is 17.6 Å². The molecule has 0 aliphatic carbocycles. The van der Waals surface area contributed by atoms with Crippen molar-refractivity contribution in [3.8, 4) is 0 Å². The van der Waals surface area contributed by atoms with Gasteiger partial charge >= 0.3 is 6.09 Å². The van der Waals surface area contributed by atoms with Crippen LogP contribution in [0.2, 0.25) is 4.47 Å². The van der Waals surface area contributed by atoms with E-state index in [1.165, 1.54) is 11.3 Å². The number of carbonyl (C=O) groups excluding carboxylic acids is 1. The molecule has 0 fully saturated rings. The van der Waals surface area contributed by atoms with E-state index in [2.05, 4.69) is 16.4 Å². The van der Waals surface area contributed by atoms with Gasteiger partial charge in [-0.3, -0.25) is 4.90 Å². The van der Waals surface area contributed by atoms with Crippen molar-refractivity contribution >= 4 is 40.4 Å². The quantitative estimate of drug-likeness (QED) is 0.806. The zero-order chi connectivity index (χ0) is 18.0. The molecule has 3 rings (SSSR count). The SMILES string of the molecule is CC(C)(C)OC(=O)N1CCCc2cc(NCc3cnc(Cl)s3)ccc21. The van der Waals surface area contributed by atoms with Gasteiger partial charge in [0.1, 0.15) is 5.60 Å². The summed E-state index contributed by atoms with van der Waals surface area (Å²) in [6, 6.07) is 6.08. The highest BCUT2D eigenvalue weighted by molar-refractivity contribution is 7.15. The first-order valence-corrected chi connectivity index (χ1v) is 9.49. The van der Waals surface area contributed by atoms with Crippen LogP contribution in [0.1, 0.15) is 37.6 Å². The highest BCUT2D eigenvalue weighted by atomic mass is 35.5. The Morgan fingerprint density at radius 1 is 1.44 bits per heavy atom. The van der Waals surface area contributed by atoms with E-state index in [1.54, 1.807) is 11.1 Å². The summed E-state index contributed by atoms with van der Waals surface area (Å²) < 4.78 is 6.08. The molecule has 0 atom stereocenters. The van der Waals surface area contributed by atoms with Gasteiger partial charge in [0.15, 0.2) is 4.47 Å². The van der Waals surface area contributed by atoms with Crippen molar-refractivity contribution in [2.24, 2.45) is 0 Å². The lowest BCUT2D eigenvalue weighted by Crippen LogP contribution is -2.39. The topological polar surface area (TPSA) is 54.5 Å². The number of carbonyl (C=O) groups is 1. The first-order chi connectivity index (χ1) is 11.8. The molecule has 0 saturated heterocycles. The van der Waals surface area contributed by atoms with Gasteiger partial charge in [-0.05, 0) is 57.4 Å². The molecule has 0 radical (unpaired) electrons. The van der Waals surface area contributed by atoms with Crippen molar-refractivity contribution in [1.82, 2.24) is 4.98 Å². The number of aryl methyl sites for hydroxylation is 1. The summed E-state index contributed by atoms with van der Waals surface area (Å²) in [6.45, 7) is 7.02. The van der Waals surface area contributed by atoms with Gasteiger partial charge in [0.2, 0.25) is 0 Å². The maximum absolute atomic E-state index is 12.4. The second-order valence-corrected chi connectivity index (χ2v) is 8.71. The van der Waals surface area contributed by atoms with E-state index in [4.69, 9.17) is 16.3 Å². The fraction of sp³-hybridized carbons (Fsp3) is 0.444. The largest absolute Gasteiger partial charge is 0.443 e. The van der Waals surface area contributed by atoms with Crippen molar-refractivity contribution in [1.29, 1.82) is 0 Å². The Kier molecular flexibility index (Phi) is 5.20. The standard InChI is InChI=1S/C18H22ClN3O2S/c1-18(2,3)24-17(23)22-8-4-5-12-9-13(6-7-15(12)22)20-10-14-11-21-16(19)25-14/h6-7,9,11,20H,4-5,8,10H2,1-3H3.